The van der Waals surface area contributed by atoms with Gasteiger partial charge in [0.25, 0.3) is 11.6 Å². The Balaban J connectivity index is 1.85. The van der Waals surface area contributed by atoms with Crippen LogP contribution in [0.3, 0.4) is 0 Å². The van der Waals surface area contributed by atoms with E-state index in [0.29, 0.717) is 11.1 Å². The molecule has 1 heterocycles. The number of nitro groups is 2. The number of rotatable bonds is 9. The minimum absolute atomic E-state index is 0.0430. The molecular formula is C21H17N3O8S. The lowest BCUT2D eigenvalue weighted by Gasteiger charge is -2.10. The summed E-state index contributed by atoms with van der Waals surface area (Å²) in [6.07, 6.45) is 0. The lowest BCUT2D eigenvalue weighted by molar-refractivity contribution is -0.385. The summed E-state index contributed by atoms with van der Waals surface area (Å²) in [5.41, 5.74) is 0.358. The van der Waals surface area contributed by atoms with Crippen LogP contribution in [0.2, 0.25) is 0 Å². The maximum absolute atomic E-state index is 12.6. The van der Waals surface area contributed by atoms with Gasteiger partial charge in [0.15, 0.2) is 12.4 Å². The van der Waals surface area contributed by atoms with Crippen molar-refractivity contribution in [2.45, 2.75) is 6.92 Å². The van der Waals surface area contributed by atoms with Crippen molar-refractivity contribution in [1.29, 1.82) is 0 Å². The highest BCUT2D eigenvalue weighted by Crippen LogP contribution is 2.37. The third-order valence-corrected chi connectivity index (χ3v) is 5.21. The van der Waals surface area contributed by atoms with Gasteiger partial charge in [0.05, 0.1) is 16.5 Å². The van der Waals surface area contributed by atoms with Crippen molar-refractivity contribution in [3.63, 3.8) is 0 Å². The van der Waals surface area contributed by atoms with Crippen molar-refractivity contribution < 1.29 is 28.9 Å². The summed E-state index contributed by atoms with van der Waals surface area (Å²) in [5, 5.41) is 26.5. The van der Waals surface area contributed by atoms with Gasteiger partial charge in [-0.2, -0.15) is 0 Å². The Bertz CT molecular complexity index is 1220. The molecule has 2 aromatic carbocycles. The Morgan fingerprint density at radius 1 is 1.06 bits per heavy atom. The lowest BCUT2D eigenvalue weighted by Crippen LogP contribution is -2.21. The smallest absolute Gasteiger partial charge is 0.341 e. The highest BCUT2D eigenvalue weighted by atomic mass is 32.1. The molecule has 12 heteroatoms. The molecule has 0 aliphatic rings. The van der Waals surface area contributed by atoms with E-state index in [0.717, 1.165) is 11.3 Å². The fourth-order valence-electron chi connectivity index (χ4n) is 2.89. The average molecular weight is 471 g/mol. The number of carbonyl (C=O) groups excluding carboxylic acids is 2. The first-order chi connectivity index (χ1) is 15.8. The number of benzene rings is 2. The van der Waals surface area contributed by atoms with E-state index in [4.69, 9.17) is 9.47 Å². The molecule has 1 N–H and O–H groups in total. The highest BCUT2D eigenvalue weighted by Gasteiger charge is 2.24. The number of anilines is 1. The van der Waals surface area contributed by atoms with Gasteiger partial charge < -0.3 is 14.8 Å². The Morgan fingerprint density at radius 2 is 1.82 bits per heavy atom. The number of esters is 1. The van der Waals surface area contributed by atoms with Crippen molar-refractivity contribution in [2.24, 2.45) is 0 Å². The van der Waals surface area contributed by atoms with Gasteiger partial charge in [-0.25, -0.2) is 4.79 Å². The Morgan fingerprint density at radius 3 is 2.52 bits per heavy atom. The number of carbonyl (C=O) groups is 2. The standard InChI is InChI=1S/C21H17N3O8S/c1-2-31-21(26)19-15(13-6-5-7-14(10-13)23(27)28)12-33-20(19)22-18(25)11-32-17-9-4-3-8-16(17)24(29)30/h3-10,12H,2,11H2,1H3,(H,22,25). The summed E-state index contributed by atoms with van der Waals surface area (Å²) in [4.78, 5) is 46.1. The van der Waals surface area contributed by atoms with Gasteiger partial charge in [-0.15, -0.1) is 11.3 Å². The van der Waals surface area contributed by atoms with E-state index in [9.17, 15) is 29.8 Å². The summed E-state index contributed by atoms with van der Waals surface area (Å²) in [6.45, 7) is 1.16. The van der Waals surface area contributed by atoms with Crippen LogP contribution in [-0.2, 0) is 9.53 Å². The van der Waals surface area contributed by atoms with Crippen molar-refractivity contribution in [2.75, 3.05) is 18.5 Å². The fraction of sp³-hybridized carbons (Fsp3) is 0.143. The topological polar surface area (TPSA) is 151 Å². The third-order valence-electron chi connectivity index (χ3n) is 4.31. The van der Waals surface area contributed by atoms with Crippen LogP contribution >= 0.6 is 11.3 Å². The minimum Gasteiger partial charge on any atom is -0.477 e. The summed E-state index contributed by atoms with van der Waals surface area (Å²) in [7, 11) is 0. The number of non-ortho nitro benzene ring substituents is 1. The van der Waals surface area contributed by atoms with Gasteiger partial charge in [0.2, 0.25) is 0 Å². The minimum atomic E-state index is -0.713. The summed E-state index contributed by atoms with van der Waals surface area (Å²) < 4.78 is 10.4. The van der Waals surface area contributed by atoms with E-state index in [1.54, 1.807) is 18.4 Å². The molecule has 3 rings (SSSR count). The molecule has 0 saturated heterocycles. The molecule has 0 atom stereocenters. The number of amides is 1. The average Bonchev–Trinajstić information content (AvgIpc) is 3.21. The molecule has 0 spiro atoms. The van der Waals surface area contributed by atoms with E-state index in [1.165, 1.54) is 42.5 Å². The van der Waals surface area contributed by atoms with E-state index in [-0.39, 0.29) is 34.3 Å². The zero-order valence-corrected chi connectivity index (χ0v) is 18.0. The predicted octanol–water partition coefficient (Wildman–Crippen LogP) is 4.43. The largest absolute Gasteiger partial charge is 0.477 e. The molecule has 11 nitrogen and oxygen atoms in total. The summed E-state index contributed by atoms with van der Waals surface area (Å²) >= 11 is 1.03. The van der Waals surface area contributed by atoms with E-state index in [2.05, 4.69) is 5.32 Å². The molecule has 0 bridgehead atoms. The molecule has 0 aliphatic heterocycles. The first-order valence-corrected chi connectivity index (χ1v) is 10.4. The van der Waals surface area contributed by atoms with Crippen LogP contribution in [-0.4, -0.2) is 34.9 Å². The van der Waals surface area contributed by atoms with Gasteiger partial charge in [-0.3, -0.25) is 25.0 Å². The number of hydrogen-bond donors (Lipinski definition) is 1. The van der Waals surface area contributed by atoms with Gasteiger partial charge in [0.1, 0.15) is 10.6 Å². The summed E-state index contributed by atoms with van der Waals surface area (Å²) in [6, 6.07) is 11.3. The second-order valence-corrected chi connectivity index (χ2v) is 7.32. The quantitative estimate of drug-likeness (QED) is 0.273. The molecule has 0 saturated carbocycles. The second-order valence-electron chi connectivity index (χ2n) is 6.44. The number of para-hydroxylation sites is 2. The molecular weight excluding hydrogens is 454 g/mol. The Hall–Kier alpha value is -4.32. The number of nitrogens with zero attached hydrogens (tertiary/aromatic N) is 2. The fourth-order valence-corrected chi connectivity index (χ4v) is 3.86. The SMILES string of the molecule is CCOC(=O)c1c(-c2cccc([N+](=O)[O-])c2)csc1NC(=O)COc1ccccc1[N+](=O)[O-]. The molecule has 33 heavy (non-hydrogen) atoms. The first kappa shape index (κ1) is 23.3. The van der Waals surface area contributed by atoms with E-state index >= 15 is 0 Å². The van der Waals surface area contributed by atoms with Crippen molar-refractivity contribution >= 4 is 39.6 Å². The van der Waals surface area contributed by atoms with Crippen LogP contribution in [0.1, 0.15) is 17.3 Å². The first-order valence-electron chi connectivity index (χ1n) is 9.51. The Kier molecular flexibility index (Phi) is 7.31. The van der Waals surface area contributed by atoms with Crippen LogP contribution in [0.4, 0.5) is 16.4 Å². The van der Waals surface area contributed by atoms with Crippen LogP contribution in [0.15, 0.2) is 53.9 Å². The number of thiophene rings is 1. The third kappa shape index (κ3) is 5.49. The highest BCUT2D eigenvalue weighted by molar-refractivity contribution is 7.15. The second kappa shape index (κ2) is 10.3. The monoisotopic (exact) mass is 471 g/mol. The van der Waals surface area contributed by atoms with Crippen molar-refractivity contribution in [1.82, 2.24) is 0 Å². The molecule has 3 aromatic rings. The number of ether oxygens (including phenoxy) is 2. The lowest BCUT2D eigenvalue weighted by atomic mass is 10.0. The number of nitrogens with one attached hydrogen (secondary N) is 1. The van der Waals surface area contributed by atoms with Crippen LogP contribution in [0.25, 0.3) is 11.1 Å². The molecule has 1 amide bonds. The normalized spacial score (nSPS) is 10.3. The van der Waals surface area contributed by atoms with Crippen LogP contribution in [0.5, 0.6) is 5.75 Å². The maximum atomic E-state index is 12.6. The van der Waals surface area contributed by atoms with Crippen molar-refractivity contribution in [3.05, 3.63) is 79.7 Å². The molecule has 0 fully saturated rings. The number of hydrogen-bond acceptors (Lipinski definition) is 9. The molecule has 0 radical (unpaired) electrons. The van der Waals surface area contributed by atoms with Gasteiger partial charge in [-0.1, -0.05) is 24.3 Å². The van der Waals surface area contributed by atoms with Crippen LogP contribution < -0.4 is 10.1 Å². The predicted molar refractivity (Wildman–Crippen MR) is 120 cm³/mol. The number of nitro benzene ring substituents is 2. The van der Waals surface area contributed by atoms with Gasteiger partial charge >= 0.3 is 11.7 Å². The Labute approximate surface area is 190 Å². The molecule has 0 unspecified atom stereocenters. The van der Waals surface area contributed by atoms with E-state index < -0.39 is 28.3 Å². The van der Waals surface area contributed by atoms with Crippen molar-refractivity contribution in [3.8, 4) is 16.9 Å². The molecule has 0 aliphatic carbocycles. The molecule has 1 aromatic heterocycles. The van der Waals surface area contributed by atoms with Gasteiger partial charge in [-0.05, 0) is 18.6 Å². The zero-order chi connectivity index (χ0) is 24.0. The van der Waals surface area contributed by atoms with Crippen LogP contribution in [0, 0.1) is 20.2 Å². The summed E-state index contributed by atoms with van der Waals surface area (Å²) in [5.74, 6) is -1.45. The molecule has 170 valence electrons. The zero-order valence-electron chi connectivity index (χ0n) is 17.2. The maximum Gasteiger partial charge on any atom is 0.341 e. The van der Waals surface area contributed by atoms with E-state index in [1.807, 2.05) is 0 Å². The van der Waals surface area contributed by atoms with Gasteiger partial charge in [0, 0.05) is 29.1 Å².